The first kappa shape index (κ1) is 27.8. The lowest BCUT2D eigenvalue weighted by molar-refractivity contribution is -0.120. The number of hydrogen-bond donors (Lipinski definition) is 1. The Morgan fingerprint density at radius 3 is 2.38 bits per heavy atom. The van der Waals surface area contributed by atoms with Crippen LogP contribution in [0.4, 0.5) is 0 Å². The fourth-order valence-corrected chi connectivity index (χ4v) is 4.51. The van der Waals surface area contributed by atoms with Crippen molar-refractivity contribution in [2.75, 3.05) is 34.5 Å². The Hall–Kier alpha value is -4.20. The SMILES string of the molecule is COc1ccc(OCCCCn2c(CCCNC(=O)Cc3ccc(OC)c(OC)c3)nc3ccccc32)cc1. The number of benzene rings is 3. The maximum absolute atomic E-state index is 12.5. The number of methoxy groups -OCH3 is 3. The van der Waals surface area contributed by atoms with E-state index in [-0.39, 0.29) is 12.3 Å². The molecule has 39 heavy (non-hydrogen) atoms. The Morgan fingerprint density at radius 1 is 0.846 bits per heavy atom. The van der Waals surface area contributed by atoms with Crippen LogP contribution in [0.25, 0.3) is 11.0 Å². The lowest BCUT2D eigenvalue weighted by Gasteiger charge is -2.11. The van der Waals surface area contributed by atoms with E-state index in [9.17, 15) is 4.79 Å². The third kappa shape index (κ3) is 7.66. The molecule has 0 radical (unpaired) electrons. The molecule has 1 amide bonds. The molecule has 0 bridgehead atoms. The van der Waals surface area contributed by atoms with Crippen molar-refractivity contribution in [3.63, 3.8) is 0 Å². The van der Waals surface area contributed by atoms with Gasteiger partial charge in [-0.2, -0.15) is 0 Å². The van der Waals surface area contributed by atoms with E-state index in [1.54, 1.807) is 21.3 Å². The van der Waals surface area contributed by atoms with Crippen LogP contribution in [0.15, 0.2) is 66.7 Å². The van der Waals surface area contributed by atoms with Gasteiger partial charge >= 0.3 is 0 Å². The molecule has 1 heterocycles. The highest BCUT2D eigenvalue weighted by atomic mass is 16.5. The monoisotopic (exact) mass is 531 g/mol. The maximum atomic E-state index is 12.5. The molecule has 0 saturated carbocycles. The lowest BCUT2D eigenvalue weighted by atomic mass is 10.1. The lowest BCUT2D eigenvalue weighted by Crippen LogP contribution is -2.26. The quantitative estimate of drug-likeness (QED) is 0.212. The van der Waals surface area contributed by atoms with E-state index >= 15 is 0 Å². The van der Waals surface area contributed by atoms with Gasteiger partial charge in [0.1, 0.15) is 17.3 Å². The standard InChI is InChI=1S/C31H37N3O5/c1-36-24-13-15-25(16-14-24)39-20-7-6-19-34-27-10-5-4-9-26(27)33-30(34)11-8-18-32-31(35)22-23-12-17-28(37-2)29(21-23)38-3/h4-5,9-10,12-17,21H,6-8,11,18-20,22H2,1-3H3,(H,32,35). The zero-order valence-electron chi connectivity index (χ0n) is 22.9. The van der Waals surface area contributed by atoms with Gasteiger partial charge in [-0.15, -0.1) is 0 Å². The first-order chi connectivity index (χ1) is 19.1. The molecule has 0 aliphatic carbocycles. The largest absolute Gasteiger partial charge is 0.497 e. The zero-order chi connectivity index (χ0) is 27.5. The highest BCUT2D eigenvalue weighted by molar-refractivity contribution is 5.79. The summed E-state index contributed by atoms with van der Waals surface area (Å²) in [6, 6.07) is 21.4. The average molecular weight is 532 g/mol. The van der Waals surface area contributed by atoms with Crippen molar-refractivity contribution in [1.29, 1.82) is 0 Å². The summed E-state index contributed by atoms with van der Waals surface area (Å²) in [5.74, 6) is 3.95. The molecule has 0 fully saturated rings. The first-order valence-corrected chi connectivity index (χ1v) is 13.3. The highest BCUT2D eigenvalue weighted by Crippen LogP contribution is 2.27. The molecule has 3 aromatic carbocycles. The summed E-state index contributed by atoms with van der Waals surface area (Å²) in [7, 11) is 4.84. The molecule has 0 spiro atoms. The number of ether oxygens (including phenoxy) is 4. The normalized spacial score (nSPS) is 10.8. The average Bonchev–Trinajstić information content (AvgIpc) is 3.32. The molecule has 8 nitrogen and oxygen atoms in total. The number of carbonyl (C=O) groups excluding carboxylic acids is 1. The van der Waals surface area contributed by atoms with E-state index in [2.05, 4.69) is 16.0 Å². The number of fused-ring (bicyclic) bond motifs is 1. The molecule has 0 saturated heterocycles. The van der Waals surface area contributed by atoms with Crippen LogP contribution in [0, 0.1) is 0 Å². The second-order valence-electron chi connectivity index (χ2n) is 9.22. The van der Waals surface area contributed by atoms with Gasteiger partial charge in [-0.25, -0.2) is 4.98 Å². The first-order valence-electron chi connectivity index (χ1n) is 13.3. The number of aromatic nitrogens is 2. The third-order valence-electron chi connectivity index (χ3n) is 6.55. The van der Waals surface area contributed by atoms with Gasteiger partial charge in [0.05, 0.1) is 45.4 Å². The van der Waals surface area contributed by atoms with Crippen LogP contribution in [0.2, 0.25) is 0 Å². The number of unbranched alkanes of at least 4 members (excludes halogenated alkanes) is 1. The van der Waals surface area contributed by atoms with Gasteiger partial charge in [-0.1, -0.05) is 18.2 Å². The Labute approximate surface area is 229 Å². The predicted octanol–water partition coefficient (Wildman–Crippen LogP) is 5.21. The van der Waals surface area contributed by atoms with Crippen molar-refractivity contribution < 1.29 is 23.7 Å². The van der Waals surface area contributed by atoms with Gasteiger partial charge in [-0.05, 0) is 73.4 Å². The summed E-state index contributed by atoms with van der Waals surface area (Å²) in [6.45, 7) is 2.11. The minimum absolute atomic E-state index is 0.0208. The van der Waals surface area contributed by atoms with Gasteiger partial charge in [0.25, 0.3) is 0 Å². The number of rotatable bonds is 15. The number of nitrogens with one attached hydrogen (secondary N) is 1. The van der Waals surface area contributed by atoms with E-state index in [0.29, 0.717) is 24.7 Å². The maximum Gasteiger partial charge on any atom is 0.224 e. The van der Waals surface area contributed by atoms with Crippen molar-refractivity contribution in [2.24, 2.45) is 0 Å². The molecule has 8 heteroatoms. The van der Waals surface area contributed by atoms with Crippen LogP contribution in [0.3, 0.4) is 0 Å². The smallest absolute Gasteiger partial charge is 0.224 e. The highest BCUT2D eigenvalue weighted by Gasteiger charge is 2.12. The topological polar surface area (TPSA) is 83.8 Å². The van der Waals surface area contributed by atoms with Crippen LogP contribution < -0.4 is 24.3 Å². The number of para-hydroxylation sites is 2. The molecule has 4 rings (SSSR count). The molecule has 0 aliphatic rings. The van der Waals surface area contributed by atoms with Crippen LogP contribution >= 0.6 is 0 Å². The second-order valence-corrected chi connectivity index (χ2v) is 9.22. The molecule has 0 aliphatic heterocycles. The zero-order valence-corrected chi connectivity index (χ0v) is 22.9. The summed E-state index contributed by atoms with van der Waals surface area (Å²) in [5.41, 5.74) is 3.02. The Balaban J connectivity index is 1.25. The minimum atomic E-state index is -0.0208. The Kier molecular flexibility index (Phi) is 10.1. The van der Waals surface area contributed by atoms with Gasteiger partial charge < -0.3 is 28.8 Å². The van der Waals surface area contributed by atoms with Gasteiger partial charge in [0.2, 0.25) is 5.91 Å². The molecular weight excluding hydrogens is 494 g/mol. The molecule has 206 valence electrons. The second kappa shape index (κ2) is 14.1. The van der Waals surface area contributed by atoms with E-state index in [1.165, 1.54) is 0 Å². The van der Waals surface area contributed by atoms with Gasteiger partial charge in [0.15, 0.2) is 11.5 Å². The molecule has 1 N–H and O–H groups in total. The molecular formula is C31H37N3O5. The summed E-state index contributed by atoms with van der Waals surface area (Å²) >= 11 is 0. The van der Waals surface area contributed by atoms with Crippen LogP contribution in [-0.4, -0.2) is 49.9 Å². The summed E-state index contributed by atoms with van der Waals surface area (Å²) in [5, 5.41) is 3.03. The number of imidazole rings is 1. The Morgan fingerprint density at radius 2 is 1.62 bits per heavy atom. The molecule has 1 aromatic heterocycles. The molecule has 4 aromatic rings. The fourth-order valence-electron chi connectivity index (χ4n) is 4.51. The third-order valence-corrected chi connectivity index (χ3v) is 6.55. The van der Waals surface area contributed by atoms with E-state index in [0.717, 1.165) is 66.1 Å². The minimum Gasteiger partial charge on any atom is -0.497 e. The number of amides is 1. The number of hydrogen-bond acceptors (Lipinski definition) is 6. The number of aryl methyl sites for hydroxylation is 2. The molecule has 0 unspecified atom stereocenters. The summed E-state index contributed by atoms with van der Waals surface area (Å²) in [4.78, 5) is 17.4. The van der Waals surface area contributed by atoms with Crippen molar-refractivity contribution in [3.8, 4) is 23.0 Å². The van der Waals surface area contributed by atoms with Gasteiger partial charge in [0, 0.05) is 19.5 Å². The van der Waals surface area contributed by atoms with Crippen molar-refractivity contribution in [1.82, 2.24) is 14.9 Å². The van der Waals surface area contributed by atoms with Crippen molar-refractivity contribution >= 4 is 16.9 Å². The summed E-state index contributed by atoms with van der Waals surface area (Å²) < 4.78 is 24.0. The number of carbonyl (C=O) groups is 1. The van der Waals surface area contributed by atoms with E-state index < -0.39 is 0 Å². The number of nitrogens with zero attached hydrogens (tertiary/aromatic N) is 2. The van der Waals surface area contributed by atoms with Crippen LogP contribution in [-0.2, 0) is 24.2 Å². The van der Waals surface area contributed by atoms with Gasteiger partial charge in [-0.3, -0.25) is 4.79 Å². The fraction of sp³-hybridized carbons (Fsp3) is 0.355. The molecule has 0 atom stereocenters. The Bertz CT molecular complexity index is 1350. The van der Waals surface area contributed by atoms with Crippen LogP contribution in [0.1, 0.15) is 30.7 Å². The van der Waals surface area contributed by atoms with Crippen LogP contribution in [0.5, 0.6) is 23.0 Å². The van der Waals surface area contributed by atoms with Crippen molar-refractivity contribution in [2.45, 2.75) is 38.6 Å². The van der Waals surface area contributed by atoms with E-state index in [4.69, 9.17) is 23.9 Å². The van der Waals surface area contributed by atoms with Crippen molar-refractivity contribution in [3.05, 3.63) is 78.1 Å². The summed E-state index contributed by atoms with van der Waals surface area (Å²) in [6.07, 6.45) is 3.79. The van der Waals surface area contributed by atoms with E-state index in [1.807, 2.05) is 60.7 Å². The predicted molar refractivity (Wildman–Crippen MR) is 152 cm³/mol.